The molecular weight excluding hydrogens is 482 g/mol. The van der Waals surface area contributed by atoms with E-state index < -0.39 is 17.8 Å². The first-order valence-electron chi connectivity index (χ1n) is 11.0. The summed E-state index contributed by atoms with van der Waals surface area (Å²) in [6.45, 7) is 3.86. The third kappa shape index (κ3) is 4.99. The van der Waals surface area contributed by atoms with Crippen LogP contribution in [-0.4, -0.2) is 23.7 Å². The molecule has 0 saturated carbocycles. The molecule has 4 rings (SSSR count). The van der Waals surface area contributed by atoms with Gasteiger partial charge in [-0.05, 0) is 54.8 Å². The van der Waals surface area contributed by atoms with Crippen molar-refractivity contribution in [2.45, 2.75) is 20.4 Å². The molecule has 0 unspecified atom stereocenters. The van der Waals surface area contributed by atoms with E-state index in [9.17, 15) is 24.3 Å². The van der Waals surface area contributed by atoms with Crippen LogP contribution in [0, 0.1) is 13.8 Å². The van der Waals surface area contributed by atoms with Crippen LogP contribution in [-0.2, 0) is 16.1 Å². The van der Waals surface area contributed by atoms with Crippen molar-refractivity contribution in [3.8, 4) is 0 Å². The minimum Gasteiger partial charge on any atom is -0.545 e. The van der Waals surface area contributed by atoms with E-state index in [-0.39, 0.29) is 28.7 Å². The number of nitrogens with zero attached hydrogens (tertiary/aromatic N) is 1. The van der Waals surface area contributed by atoms with E-state index in [0.29, 0.717) is 22.5 Å². The number of hydrogen-bond donors (Lipinski definition) is 2. The van der Waals surface area contributed by atoms with E-state index >= 15 is 0 Å². The highest BCUT2D eigenvalue weighted by atomic mass is 35.5. The number of aryl methyl sites for hydroxylation is 2. The van der Waals surface area contributed by atoms with E-state index in [2.05, 4.69) is 10.6 Å². The standard InChI is InChI=1S/C27H22ClN3O5/c1-15-3-11-20(12-4-15)31-25(33)22(28)23(26(31)34)30-21-13-19(8-5-16(21)2)24(32)29-14-17-6-9-18(10-7-17)27(35)36/h3-13,30H,14H2,1-2H3,(H,29,32)(H,35,36)/p-1. The molecule has 36 heavy (non-hydrogen) atoms. The van der Waals surface area contributed by atoms with Crippen LogP contribution in [0.3, 0.4) is 0 Å². The number of benzene rings is 3. The Labute approximate surface area is 212 Å². The number of halogens is 1. The number of rotatable bonds is 7. The number of imide groups is 1. The van der Waals surface area contributed by atoms with Crippen molar-refractivity contribution in [3.63, 3.8) is 0 Å². The lowest BCUT2D eigenvalue weighted by molar-refractivity contribution is -0.255. The Morgan fingerprint density at radius 2 is 1.53 bits per heavy atom. The summed E-state index contributed by atoms with van der Waals surface area (Å²) in [5, 5.41) is 16.3. The fourth-order valence-corrected chi connectivity index (χ4v) is 3.83. The number of carbonyl (C=O) groups is 4. The van der Waals surface area contributed by atoms with Crippen LogP contribution < -0.4 is 20.6 Å². The van der Waals surface area contributed by atoms with Crippen LogP contribution in [0.4, 0.5) is 11.4 Å². The Bertz CT molecular complexity index is 1410. The average Bonchev–Trinajstić information content (AvgIpc) is 3.07. The number of anilines is 2. The predicted molar refractivity (Wildman–Crippen MR) is 133 cm³/mol. The number of carboxylic acid groups (broad SMARTS) is 1. The third-order valence-electron chi connectivity index (χ3n) is 5.72. The molecule has 8 nitrogen and oxygen atoms in total. The molecule has 3 aromatic rings. The first-order chi connectivity index (χ1) is 17.2. The number of carbonyl (C=O) groups excluding carboxylic acids is 4. The maximum absolute atomic E-state index is 13.1. The van der Waals surface area contributed by atoms with Crippen molar-refractivity contribution in [2.75, 3.05) is 10.2 Å². The lowest BCUT2D eigenvalue weighted by Crippen LogP contribution is -2.32. The maximum atomic E-state index is 13.1. The molecule has 0 bridgehead atoms. The molecule has 0 aromatic heterocycles. The van der Waals surface area contributed by atoms with Crippen molar-refractivity contribution in [2.24, 2.45) is 0 Å². The normalized spacial score (nSPS) is 13.2. The molecule has 3 aromatic carbocycles. The SMILES string of the molecule is Cc1ccc(N2C(=O)C(Cl)=C(Nc3cc(C(=O)NCc4ccc(C(=O)[O-])cc4)ccc3C)C2=O)cc1. The molecule has 1 heterocycles. The number of amides is 3. The molecule has 3 amide bonds. The van der Waals surface area contributed by atoms with Crippen LogP contribution in [0.15, 0.2) is 77.5 Å². The number of hydrogen-bond acceptors (Lipinski definition) is 6. The summed E-state index contributed by atoms with van der Waals surface area (Å²) >= 11 is 6.24. The fraction of sp³-hybridized carbons (Fsp3) is 0.111. The van der Waals surface area contributed by atoms with E-state index in [4.69, 9.17) is 11.6 Å². The lowest BCUT2D eigenvalue weighted by Gasteiger charge is -2.16. The topological polar surface area (TPSA) is 119 Å². The van der Waals surface area contributed by atoms with Gasteiger partial charge in [0, 0.05) is 17.8 Å². The molecule has 0 aliphatic carbocycles. The highest BCUT2D eigenvalue weighted by Gasteiger charge is 2.39. The van der Waals surface area contributed by atoms with Gasteiger partial charge in [-0.25, -0.2) is 4.90 Å². The zero-order chi connectivity index (χ0) is 26.0. The molecule has 0 radical (unpaired) electrons. The zero-order valence-electron chi connectivity index (χ0n) is 19.4. The largest absolute Gasteiger partial charge is 0.545 e. The highest BCUT2D eigenvalue weighted by Crippen LogP contribution is 2.31. The minimum atomic E-state index is -1.27. The Kier molecular flexibility index (Phi) is 6.89. The summed E-state index contributed by atoms with van der Waals surface area (Å²) in [7, 11) is 0. The quantitative estimate of drug-likeness (QED) is 0.479. The summed E-state index contributed by atoms with van der Waals surface area (Å²) < 4.78 is 0. The van der Waals surface area contributed by atoms with Gasteiger partial charge < -0.3 is 20.5 Å². The Hall–Kier alpha value is -4.43. The Morgan fingerprint density at radius 1 is 0.889 bits per heavy atom. The first kappa shape index (κ1) is 24.7. The van der Waals surface area contributed by atoms with Crippen molar-refractivity contribution in [1.29, 1.82) is 0 Å². The summed E-state index contributed by atoms with van der Waals surface area (Å²) in [4.78, 5) is 50.4. The van der Waals surface area contributed by atoms with E-state index in [1.165, 1.54) is 12.1 Å². The third-order valence-corrected chi connectivity index (χ3v) is 6.07. The van der Waals surface area contributed by atoms with Gasteiger partial charge in [-0.2, -0.15) is 0 Å². The first-order valence-corrected chi connectivity index (χ1v) is 11.3. The molecular formula is C27H21ClN3O5-. The summed E-state index contributed by atoms with van der Waals surface area (Å²) in [5.41, 5.74) is 3.57. The van der Waals surface area contributed by atoms with Crippen molar-refractivity contribution in [1.82, 2.24) is 5.32 Å². The Balaban J connectivity index is 1.49. The van der Waals surface area contributed by atoms with Gasteiger partial charge >= 0.3 is 0 Å². The highest BCUT2D eigenvalue weighted by molar-refractivity contribution is 6.53. The second-order valence-electron chi connectivity index (χ2n) is 8.29. The zero-order valence-corrected chi connectivity index (χ0v) is 20.2. The van der Waals surface area contributed by atoms with Crippen LogP contribution in [0.1, 0.15) is 37.4 Å². The lowest BCUT2D eigenvalue weighted by atomic mass is 10.1. The van der Waals surface area contributed by atoms with Gasteiger partial charge in [0.15, 0.2) is 0 Å². The van der Waals surface area contributed by atoms with Gasteiger partial charge in [0.2, 0.25) is 0 Å². The van der Waals surface area contributed by atoms with Crippen LogP contribution in [0.2, 0.25) is 0 Å². The number of nitrogens with one attached hydrogen (secondary N) is 2. The maximum Gasteiger partial charge on any atom is 0.283 e. The average molecular weight is 503 g/mol. The monoisotopic (exact) mass is 502 g/mol. The fourth-order valence-electron chi connectivity index (χ4n) is 3.62. The van der Waals surface area contributed by atoms with Crippen LogP contribution in [0.25, 0.3) is 0 Å². The number of carboxylic acids is 1. The molecule has 1 aliphatic rings. The van der Waals surface area contributed by atoms with Crippen LogP contribution in [0.5, 0.6) is 0 Å². The number of aromatic carboxylic acids is 1. The van der Waals surface area contributed by atoms with Crippen molar-refractivity contribution < 1.29 is 24.3 Å². The van der Waals surface area contributed by atoms with E-state index in [1.807, 2.05) is 6.92 Å². The van der Waals surface area contributed by atoms with Gasteiger partial charge in [-0.1, -0.05) is 59.6 Å². The molecule has 9 heteroatoms. The van der Waals surface area contributed by atoms with Gasteiger partial charge in [-0.15, -0.1) is 0 Å². The van der Waals surface area contributed by atoms with Gasteiger partial charge in [0.1, 0.15) is 10.7 Å². The molecule has 0 atom stereocenters. The summed E-state index contributed by atoms with van der Waals surface area (Å²) in [6, 6.07) is 17.8. The molecule has 2 N–H and O–H groups in total. The smallest absolute Gasteiger partial charge is 0.283 e. The molecule has 182 valence electrons. The second-order valence-corrected chi connectivity index (χ2v) is 8.67. The van der Waals surface area contributed by atoms with Crippen molar-refractivity contribution >= 4 is 46.7 Å². The molecule has 1 aliphatic heterocycles. The molecule has 0 saturated heterocycles. The van der Waals surface area contributed by atoms with E-state index in [1.54, 1.807) is 61.5 Å². The minimum absolute atomic E-state index is 0.0492. The van der Waals surface area contributed by atoms with Crippen molar-refractivity contribution in [3.05, 3.63) is 105 Å². The van der Waals surface area contributed by atoms with Gasteiger partial charge in [0.25, 0.3) is 17.7 Å². The molecule has 0 fully saturated rings. The predicted octanol–water partition coefficient (Wildman–Crippen LogP) is 3.03. The Morgan fingerprint density at radius 3 is 2.17 bits per heavy atom. The van der Waals surface area contributed by atoms with E-state index in [0.717, 1.165) is 16.0 Å². The van der Waals surface area contributed by atoms with Crippen LogP contribution >= 0.6 is 11.6 Å². The summed E-state index contributed by atoms with van der Waals surface area (Å²) in [6.07, 6.45) is 0. The van der Waals surface area contributed by atoms with Gasteiger partial charge in [-0.3, -0.25) is 14.4 Å². The molecule has 0 spiro atoms. The van der Waals surface area contributed by atoms with Gasteiger partial charge in [0.05, 0.1) is 11.7 Å². The second kappa shape index (κ2) is 10.1. The summed E-state index contributed by atoms with van der Waals surface area (Å²) in [5.74, 6) is -2.88.